The molecule has 1 N–H and O–H groups in total. The number of carbonyl (C=O) groups excluding carboxylic acids is 1. The summed E-state index contributed by atoms with van der Waals surface area (Å²) in [6.45, 7) is 2.11. The number of halogens is 2. The maximum Gasteiger partial charge on any atom is 0.338 e. The molecular formula is C26H26Cl2N4O3. The summed E-state index contributed by atoms with van der Waals surface area (Å²) in [6.07, 6.45) is 6.62. The van der Waals surface area contributed by atoms with Crippen molar-refractivity contribution in [2.24, 2.45) is 0 Å². The summed E-state index contributed by atoms with van der Waals surface area (Å²) in [5, 5.41) is 8.69. The predicted octanol–water partition coefficient (Wildman–Crippen LogP) is 6.33. The van der Waals surface area contributed by atoms with E-state index < -0.39 is 6.04 Å². The minimum atomic E-state index is -0.461. The van der Waals surface area contributed by atoms with E-state index in [1.165, 1.54) is 12.7 Å². The molecule has 7 nitrogen and oxygen atoms in total. The van der Waals surface area contributed by atoms with Gasteiger partial charge in [0.05, 0.1) is 5.57 Å². The van der Waals surface area contributed by atoms with E-state index in [0.29, 0.717) is 33.0 Å². The number of nitrogens with zero attached hydrogens (tertiary/aromatic N) is 3. The average molecular weight is 513 g/mol. The van der Waals surface area contributed by atoms with Gasteiger partial charge in [-0.3, -0.25) is 0 Å². The Bertz CT molecular complexity index is 1230. The third-order valence-electron chi connectivity index (χ3n) is 6.48. The van der Waals surface area contributed by atoms with E-state index in [-0.39, 0.29) is 18.7 Å². The van der Waals surface area contributed by atoms with Crippen LogP contribution in [0.15, 0.2) is 60.1 Å². The zero-order chi connectivity index (χ0) is 24.4. The summed E-state index contributed by atoms with van der Waals surface area (Å²) in [5.74, 6) is 0.918. The maximum absolute atomic E-state index is 13.4. The molecule has 1 unspecified atom stereocenters. The molecule has 182 valence electrons. The number of esters is 1. The number of hydrogen-bond acceptors (Lipinski definition) is 6. The van der Waals surface area contributed by atoms with Crippen LogP contribution in [0.5, 0.6) is 5.75 Å². The van der Waals surface area contributed by atoms with Crippen LogP contribution in [0.25, 0.3) is 0 Å². The Morgan fingerprint density at radius 1 is 1.09 bits per heavy atom. The SMILES string of the molecule is CC1=C(C(=O)OC2CCCCC2)C(c2ccc(OCc3c(Cl)cccc3Cl)cc2)n2ncnc2N1. The Morgan fingerprint density at radius 2 is 1.80 bits per heavy atom. The summed E-state index contributed by atoms with van der Waals surface area (Å²) in [6, 6.07) is 12.5. The second kappa shape index (κ2) is 10.3. The summed E-state index contributed by atoms with van der Waals surface area (Å²) < 4.78 is 13.6. The molecule has 1 saturated carbocycles. The Kier molecular flexibility index (Phi) is 6.97. The van der Waals surface area contributed by atoms with Crippen molar-refractivity contribution >= 4 is 35.1 Å². The van der Waals surface area contributed by atoms with Crippen molar-refractivity contribution in [3.63, 3.8) is 0 Å². The lowest BCUT2D eigenvalue weighted by Gasteiger charge is -2.30. The van der Waals surface area contributed by atoms with Gasteiger partial charge >= 0.3 is 5.97 Å². The molecule has 2 aromatic carbocycles. The molecular weight excluding hydrogens is 487 g/mol. The lowest BCUT2D eigenvalue weighted by Crippen LogP contribution is -2.32. The molecule has 35 heavy (non-hydrogen) atoms. The van der Waals surface area contributed by atoms with Crippen LogP contribution in [0.2, 0.25) is 10.0 Å². The molecule has 0 amide bonds. The van der Waals surface area contributed by atoms with Gasteiger partial charge in [0.1, 0.15) is 30.8 Å². The molecule has 1 aliphatic carbocycles. The van der Waals surface area contributed by atoms with Gasteiger partial charge in [0.25, 0.3) is 0 Å². The molecule has 5 rings (SSSR count). The number of rotatable bonds is 6. The average Bonchev–Trinajstić information content (AvgIpc) is 3.32. The Hall–Kier alpha value is -3.03. The van der Waals surface area contributed by atoms with Gasteiger partial charge in [-0.05, 0) is 62.4 Å². The molecule has 0 spiro atoms. The number of allylic oxidation sites excluding steroid dienone is 1. The van der Waals surface area contributed by atoms with Crippen molar-refractivity contribution < 1.29 is 14.3 Å². The quantitative estimate of drug-likeness (QED) is 0.388. The van der Waals surface area contributed by atoms with E-state index >= 15 is 0 Å². The fourth-order valence-corrected chi connectivity index (χ4v) is 5.14. The minimum absolute atomic E-state index is 0.0400. The van der Waals surface area contributed by atoms with Gasteiger partial charge in [-0.15, -0.1) is 0 Å². The first kappa shape index (κ1) is 23.7. The van der Waals surface area contributed by atoms with E-state index in [9.17, 15) is 4.79 Å². The number of benzene rings is 2. The monoisotopic (exact) mass is 512 g/mol. The van der Waals surface area contributed by atoms with Gasteiger partial charge in [0, 0.05) is 21.3 Å². The zero-order valence-electron chi connectivity index (χ0n) is 19.3. The summed E-state index contributed by atoms with van der Waals surface area (Å²) >= 11 is 12.5. The van der Waals surface area contributed by atoms with E-state index in [2.05, 4.69) is 15.4 Å². The molecule has 3 aromatic rings. The van der Waals surface area contributed by atoms with Crippen LogP contribution in [0.4, 0.5) is 5.95 Å². The molecule has 9 heteroatoms. The molecule has 0 bridgehead atoms. The molecule has 2 heterocycles. The minimum Gasteiger partial charge on any atom is -0.489 e. The van der Waals surface area contributed by atoms with E-state index in [1.54, 1.807) is 22.9 Å². The van der Waals surface area contributed by atoms with Crippen LogP contribution >= 0.6 is 23.2 Å². The first-order valence-electron chi connectivity index (χ1n) is 11.7. The Morgan fingerprint density at radius 3 is 2.51 bits per heavy atom. The van der Waals surface area contributed by atoms with Gasteiger partial charge in [-0.1, -0.05) is 47.8 Å². The molecule has 0 radical (unpaired) electrons. The lowest BCUT2D eigenvalue weighted by atomic mass is 9.95. The second-order valence-electron chi connectivity index (χ2n) is 8.82. The number of ether oxygens (including phenoxy) is 2. The number of aromatic nitrogens is 3. The van der Waals surface area contributed by atoms with Gasteiger partial charge < -0.3 is 14.8 Å². The normalized spacial score (nSPS) is 18.1. The van der Waals surface area contributed by atoms with E-state index in [4.69, 9.17) is 32.7 Å². The number of carbonyl (C=O) groups is 1. The van der Waals surface area contributed by atoms with Crippen LogP contribution in [-0.2, 0) is 16.1 Å². The number of fused-ring (bicyclic) bond motifs is 1. The highest BCUT2D eigenvalue weighted by molar-refractivity contribution is 6.35. The number of nitrogens with one attached hydrogen (secondary N) is 1. The summed E-state index contributed by atoms with van der Waals surface area (Å²) in [5.41, 5.74) is 2.85. The lowest BCUT2D eigenvalue weighted by molar-refractivity contribution is -0.146. The van der Waals surface area contributed by atoms with Crippen molar-refractivity contribution in [1.82, 2.24) is 14.8 Å². The molecule has 1 fully saturated rings. The highest BCUT2D eigenvalue weighted by Crippen LogP contribution is 2.37. The standard InChI is InChI=1S/C26H26Cl2N4O3/c1-16-23(25(33)35-19-6-3-2-4-7-19)24(32-26(31-16)29-15-30-32)17-10-12-18(13-11-17)34-14-20-21(27)8-5-9-22(20)28/h5,8-13,15,19,24H,2-4,6-7,14H2,1H3,(H,29,30,31). The van der Waals surface area contributed by atoms with Crippen molar-refractivity contribution in [2.45, 2.75) is 57.8 Å². The van der Waals surface area contributed by atoms with Crippen molar-refractivity contribution in [3.05, 3.63) is 81.2 Å². The predicted molar refractivity (Wildman–Crippen MR) is 135 cm³/mol. The van der Waals surface area contributed by atoms with Crippen LogP contribution < -0.4 is 10.1 Å². The fourth-order valence-electron chi connectivity index (χ4n) is 4.63. The summed E-state index contributed by atoms with van der Waals surface area (Å²) in [7, 11) is 0. The molecule has 2 aliphatic rings. The van der Waals surface area contributed by atoms with Gasteiger partial charge in [0.2, 0.25) is 5.95 Å². The molecule has 1 atom stereocenters. The zero-order valence-corrected chi connectivity index (χ0v) is 20.9. The molecule has 1 aromatic heterocycles. The first-order valence-corrected chi connectivity index (χ1v) is 12.5. The van der Waals surface area contributed by atoms with Gasteiger partial charge in [-0.25, -0.2) is 9.48 Å². The maximum atomic E-state index is 13.4. The van der Waals surface area contributed by atoms with Crippen LogP contribution in [0.3, 0.4) is 0 Å². The summed E-state index contributed by atoms with van der Waals surface area (Å²) in [4.78, 5) is 17.6. The molecule has 1 aliphatic heterocycles. The largest absolute Gasteiger partial charge is 0.489 e. The van der Waals surface area contributed by atoms with E-state index in [0.717, 1.165) is 36.8 Å². The van der Waals surface area contributed by atoms with Crippen molar-refractivity contribution in [2.75, 3.05) is 5.32 Å². The van der Waals surface area contributed by atoms with Gasteiger partial charge in [0.15, 0.2) is 0 Å². The highest BCUT2D eigenvalue weighted by Gasteiger charge is 2.35. The highest BCUT2D eigenvalue weighted by atomic mass is 35.5. The number of hydrogen-bond donors (Lipinski definition) is 1. The second-order valence-corrected chi connectivity index (χ2v) is 9.63. The Balaban J connectivity index is 1.38. The third kappa shape index (κ3) is 5.02. The van der Waals surface area contributed by atoms with Crippen LogP contribution in [0.1, 0.15) is 56.2 Å². The Labute approximate surface area is 214 Å². The molecule has 0 saturated heterocycles. The number of anilines is 1. The smallest absolute Gasteiger partial charge is 0.338 e. The van der Waals surface area contributed by atoms with Gasteiger partial charge in [-0.2, -0.15) is 10.1 Å². The topological polar surface area (TPSA) is 78.3 Å². The van der Waals surface area contributed by atoms with E-state index in [1.807, 2.05) is 31.2 Å². The third-order valence-corrected chi connectivity index (χ3v) is 7.19. The first-order chi connectivity index (χ1) is 17.0. The van der Waals surface area contributed by atoms with Crippen LogP contribution in [0, 0.1) is 0 Å². The van der Waals surface area contributed by atoms with Crippen molar-refractivity contribution in [1.29, 1.82) is 0 Å². The fraction of sp³-hybridized carbons (Fsp3) is 0.346. The van der Waals surface area contributed by atoms with Crippen molar-refractivity contribution in [3.8, 4) is 5.75 Å². The van der Waals surface area contributed by atoms with Crippen LogP contribution in [-0.4, -0.2) is 26.8 Å².